The van der Waals surface area contributed by atoms with Crippen molar-refractivity contribution in [3.63, 3.8) is 0 Å². The van der Waals surface area contributed by atoms with Gasteiger partial charge in [0.2, 0.25) is 0 Å². The maximum Gasteiger partial charge on any atom is 0.160 e. The van der Waals surface area contributed by atoms with E-state index < -0.39 is 0 Å². The second-order valence-electron chi connectivity index (χ2n) is 13.0. The van der Waals surface area contributed by atoms with Gasteiger partial charge in [-0.05, 0) is 80.2 Å². The van der Waals surface area contributed by atoms with Gasteiger partial charge in [-0.3, -0.25) is 0 Å². The van der Waals surface area contributed by atoms with Crippen molar-refractivity contribution in [1.29, 1.82) is 0 Å². The third-order valence-electron chi connectivity index (χ3n) is 9.89. The van der Waals surface area contributed by atoms with E-state index in [4.69, 9.17) is 9.97 Å². The van der Waals surface area contributed by atoms with Crippen LogP contribution in [0.25, 0.3) is 97.9 Å². The predicted octanol–water partition coefficient (Wildman–Crippen LogP) is 13.5. The Balaban J connectivity index is 1.07. The summed E-state index contributed by atoms with van der Waals surface area (Å²) >= 11 is 1.85. The summed E-state index contributed by atoms with van der Waals surface area (Å²) in [7, 11) is 0. The third kappa shape index (κ3) is 5.27. The zero-order valence-electron chi connectivity index (χ0n) is 27.6. The lowest BCUT2D eigenvalue weighted by molar-refractivity contribution is 1.18. The minimum absolute atomic E-state index is 0.706. The molecule has 2 nitrogen and oxygen atoms in total. The van der Waals surface area contributed by atoms with E-state index in [0.29, 0.717) is 5.82 Å². The van der Waals surface area contributed by atoms with Gasteiger partial charge in [-0.1, -0.05) is 146 Å². The third-order valence-corrected chi connectivity index (χ3v) is 11.0. The standard InChI is InChI=1S/C48H30N2S/c1-2-11-32(12-3-1)44-30-45(33-23-21-31(22-24-33)34-25-26-47-43(28-34)41-19-8-9-20-46(41)51-47)50-48(49-44)37-15-10-14-35(27-37)42-29-36-13-4-5-16-38(36)39-17-6-7-18-40(39)42/h1-30H. The molecule has 10 rings (SSSR count). The van der Waals surface area contributed by atoms with Crippen LogP contribution in [0.2, 0.25) is 0 Å². The van der Waals surface area contributed by atoms with Gasteiger partial charge in [0.05, 0.1) is 11.4 Å². The van der Waals surface area contributed by atoms with Crippen LogP contribution in [0.15, 0.2) is 182 Å². The van der Waals surface area contributed by atoms with E-state index >= 15 is 0 Å². The Kier molecular flexibility index (Phi) is 7.04. The van der Waals surface area contributed by atoms with E-state index in [9.17, 15) is 0 Å². The number of nitrogens with zero attached hydrogens (tertiary/aromatic N) is 2. The summed E-state index contributed by atoms with van der Waals surface area (Å²) in [6.45, 7) is 0. The summed E-state index contributed by atoms with van der Waals surface area (Å²) in [5.74, 6) is 0.706. The van der Waals surface area contributed by atoms with Crippen molar-refractivity contribution < 1.29 is 0 Å². The minimum atomic E-state index is 0.706. The molecule has 0 spiro atoms. The number of fused-ring (bicyclic) bond motifs is 6. The Bertz CT molecular complexity index is 2910. The van der Waals surface area contributed by atoms with E-state index in [1.807, 2.05) is 17.4 Å². The number of hydrogen-bond acceptors (Lipinski definition) is 3. The molecule has 51 heavy (non-hydrogen) atoms. The molecular formula is C48H30N2S. The van der Waals surface area contributed by atoms with Crippen LogP contribution >= 0.6 is 11.3 Å². The molecule has 0 bridgehead atoms. The van der Waals surface area contributed by atoms with Crippen LogP contribution in [-0.2, 0) is 0 Å². The van der Waals surface area contributed by atoms with Crippen molar-refractivity contribution in [2.24, 2.45) is 0 Å². The zero-order chi connectivity index (χ0) is 33.7. The van der Waals surface area contributed by atoms with Crippen LogP contribution in [0.5, 0.6) is 0 Å². The maximum atomic E-state index is 5.21. The van der Waals surface area contributed by atoms with Crippen LogP contribution in [0, 0.1) is 0 Å². The largest absolute Gasteiger partial charge is 0.228 e. The Labute approximate surface area is 300 Å². The zero-order valence-corrected chi connectivity index (χ0v) is 28.4. The quantitative estimate of drug-likeness (QED) is 0.171. The van der Waals surface area contributed by atoms with E-state index in [-0.39, 0.29) is 0 Å². The topological polar surface area (TPSA) is 25.8 Å². The molecule has 0 aliphatic carbocycles. The number of benzene rings is 8. The monoisotopic (exact) mass is 666 g/mol. The van der Waals surface area contributed by atoms with Crippen LogP contribution in [-0.4, -0.2) is 9.97 Å². The molecule has 0 unspecified atom stereocenters. The van der Waals surface area contributed by atoms with E-state index in [1.165, 1.54) is 58.4 Å². The smallest absolute Gasteiger partial charge is 0.160 e. The molecular weight excluding hydrogens is 637 g/mol. The summed E-state index contributed by atoms with van der Waals surface area (Å²) in [6.07, 6.45) is 0. The van der Waals surface area contributed by atoms with Gasteiger partial charge in [0.15, 0.2) is 5.82 Å². The van der Waals surface area contributed by atoms with Gasteiger partial charge in [0.25, 0.3) is 0 Å². The molecule has 2 aromatic heterocycles. The molecule has 0 radical (unpaired) electrons. The second kappa shape index (κ2) is 12.2. The molecule has 0 saturated carbocycles. The molecule has 238 valence electrons. The van der Waals surface area contributed by atoms with Crippen LogP contribution in [0.4, 0.5) is 0 Å². The molecule has 0 aliphatic rings. The highest BCUT2D eigenvalue weighted by Crippen LogP contribution is 2.38. The molecule has 0 N–H and O–H groups in total. The van der Waals surface area contributed by atoms with Gasteiger partial charge in [-0.15, -0.1) is 11.3 Å². The van der Waals surface area contributed by atoms with Gasteiger partial charge in [0, 0.05) is 36.9 Å². The minimum Gasteiger partial charge on any atom is -0.228 e. The first-order chi connectivity index (χ1) is 25.2. The normalized spacial score (nSPS) is 11.5. The first kappa shape index (κ1) is 29.5. The van der Waals surface area contributed by atoms with Crippen LogP contribution in [0.1, 0.15) is 0 Å². The van der Waals surface area contributed by atoms with E-state index in [2.05, 4.69) is 176 Å². The molecule has 2 heterocycles. The van der Waals surface area contributed by atoms with Crippen molar-refractivity contribution in [3.8, 4) is 56.2 Å². The maximum absolute atomic E-state index is 5.21. The molecule has 0 saturated heterocycles. The van der Waals surface area contributed by atoms with Crippen LogP contribution in [0.3, 0.4) is 0 Å². The molecule has 0 atom stereocenters. The van der Waals surface area contributed by atoms with Gasteiger partial charge < -0.3 is 0 Å². The average molecular weight is 667 g/mol. The highest BCUT2D eigenvalue weighted by Gasteiger charge is 2.14. The fraction of sp³-hybridized carbons (Fsp3) is 0. The lowest BCUT2D eigenvalue weighted by atomic mass is 9.92. The Morgan fingerprint density at radius 3 is 1.73 bits per heavy atom. The van der Waals surface area contributed by atoms with E-state index in [1.54, 1.807) is 0 Å². The Morgan fingerprint density at radius 2 is 0.902 bits per heavy atom. The predicted molar refractivity (Wildman–Crippen MR) is 217 cm³/mol. The fourth-order valence-electron chi connectivity index (χ4n) is 7.34. The molecule has 0 fully saturated rings. The highest BCUT2D eigenvalue weighted by atomic mass is 32.1. The van der Waals surface area contributed by atoms with Crippen molar-refractivity contribution in [3.05, 3.63) is 182 Å². The molecule has 10 aromatic rings. The summed E-state index contributed by atoms with van der Waals surface area (Å²) in [6, 6.07) is 65.0. The molecule has 0 aliphatic heterocycles. The summed E-state index contributed by atoms with van der Waals surface area (Å²) in [4.78, 5) is 10.4. The van der Waals surface area contributed by atoms with Crippen molar-refractivity contribution >= 4 is 53.1 Å². The second-order valence-corrected chi connectivity index (χ2v) is 14.1. The summed E-state index contributed by atoms with van der Waals surface area (Å²) in [5.41, 5.74) is 9.64. The van der Waals surface area contributed by atoms with Gasteiger partial charge in [0.1, 0.15) is 0 Å². The number of aromatic nitrogens is 2. The highest BCUT2D eigenvalue weighted by molar-refractivity contribution is 7.25. The van der Waals surface area contributed by atoms with Crippen molar-refractivity contribution in [2.75, 3.05) is 0 Å². The number of rotatable bonds is 5. The average Bonchev–Trinajstić information content (AvgIpc) is 3.59. The molecule has 0 amide bonds. The van der Waals surface area contributed by atoms with Gasteiger partial charge in [-0.25, -0.2) is 9.97 Å². The lowest BCUT2D eigenvalue weighted by Gasteiger charge is -2.13. The molecule has 3 heteroatoms. The first-order valence-electron chi connectivity index (χ1n) is 17.2. The summed E-state index contributed by atoms with van der Waals surface area (Å²) in [5, 5.41) is 7.61. The van der Waals surface area contributed by atoms with Crippen molar-refractivity contribution in [2.45, 2.75) is 0 Å². The van der Waals surface area contributed by atoms with Crippen molar-refractivity contribution in [1.82, 2.24) is 9.97 Å². The van der Waals surface area contributed by atoms with Crippen LogP contribution < -0.4 is 0 Å². The fourth-order valence-corrected chi connectivity index (χ4v) is 8.43. The van der Waals surface area contributed by atoms with Gasteiger partial charge >= 0.3 is 0 Å². The molecule has 8 aromatic carbocycles. The number of thiophene rings is 1. The summed E-state index contributed by atoms with van der Waals surface area (Å²) < 4.78 is 2.64. The van der Waals surface area contributed by atoms with E-state index in [0.717, 1.165) is 33.6 Å². The Morgan fingerprint density at radius 1 is 0.314 bits per heavy atom. The number of hydrogen-bond donors (Lipinski definition) is 0. The van der Waals surface area contributed by atoms with Gasteiger partial charge in [-0.2, -0.15) is 0 Å². The first-order valence-corrected chi connectivity index (χ1v) is 18.0. The lowest BCUT2D eigenvalue weighted by Crippen LogP contribution is -1.96. The Hall–Kier alpha value is -6.42. The SMILES string of the molecule is c1ccc(-c2cc(-c3ccc(-c4ccc5sc6ccccc6c5c4)cc3)nc(-c3cccc(-c4cc5ccccc5c5ccccc45)c3)n2)cc1.